The van der Waals surface area contributed by atoms with Crippen molar-refractivity contribution in [1.29, 1.82) is 0 Å². The molecular formula is C17H28N2O2. The minimum atomic E-state index is 0.418. The van der Waals surface area contributed by atoms with Crippen molar-refractivity contribution in [1.82, 2.24) is 9.80 Å². The lowest BCUT2D eigenvalue weighted by Gasteiger charge is -2.45. The van der Waals surface area contributed by atoms with Crippen LogP contribution in [-0.2, 0) is 11.3 Å². The summed E-state index contributed by atoms with van der Waals surface area (Å²) >= 11 is 0. The molecule has 3 rings (SSSR count). The molecular weight excluding hydrogens is 264 g/mol. The molecule has 4 heteroatoms. The number of ether oxygens (including phenoxy) is 1. The predicted octanol–water partition coefficient (Wildman–Crippen LogP) is 2.74. The van der Waals surface area contributed by atoms with E-state index in [1.54, 1.807) is 6.26 Å². The number of rotatable bonds is 5. The first kappa shape index (κ1) is 15.1. The first-order chi connectivity index (χ1) is 10.2. The third-order valence-electron chi connectivity index (χ3n) is 5.50. The van der Waals surface area contributed by atoms with E-state index < -0.39 is 0 Å². The molecule has 2 saturated heterocycles. The average Bonchev–Trinajstić information content (AvgIpc) is 3.11. The highest BCUT2D eigenvalue weighted by Gasteiger charge is 2.45. The topological polar surface area (TPSA) is 28.9 Å². The Labute approximate surface area is 128 Å². The summed E-state index contributed by atoms with van der Waals surface area (Å²) < 4.78 is 11.1. The van der Waals surface area contributed by atoms with Gasteiger partial charge in [-0.3, -0.25) is 9.80 Å². The first-order valence-electron chi connectivity index (χ1n) is 8.29. The molecule has 2 aliphatic heterocycles. The highest BCUT2D eigenvalue weighted by atomic mass is 16.5. The largest absolute Gasteiger partial charge is 0.468 e. The number of furan rings is 1. The van der Waals surface area contributed by atoms with E-state index in [1.165, 1.54) is 38.8 Å². The zero-order valence-electron chi connectivity index (χ0n) is 13.4. The minimum Gasteiger partial charge on any atom is -0.468 e. The normalized spacial score (nSPS) is 26.7. The molecule has 4 nitrogen and oxygen atoms in total. The van der Waals surface area contributed by atoms with Crippen LogP contribution in [0.15, 0.2) is 22.8 Å². The molecule has 1 aromatic rings. The number of nitrogens with zero attached hydrogens (tertiary/aromatic N) is 2. The van der Waals surface area contributed by atoms with Crippen molar-refractivity contribution in [3.63, 3.8) is 0 Å². The monoisotopic (exact) mass is 292 g/mol. The Kier molecular flexibility index (Phi) is 4.67. The third-order valence-corrected chi connectivity index (χ3v) is 5.50. The van der Waals surface area contributed by atoms with Gasteiger partial charge in [0.15, 0.2) is 0 Å². The Morgan fingerprint density at radius 1 is 1.33 bits per heavy atom. The Hall–Kier alpha value is -0.840. The fourth-order valence-electron chi connectivity index (χ4n) is 3.99. The molecule has 0 N–H and O–H groups in total. The van der Waals surface area contributed by atoms with Crippen LogP contribution < -0.4 is 0 Å². The zero-order valence-corrected chi connectivity index (χ0v) is 13.4. The molecule has 0 amide bonds. The third kappa shape index (κ3) is 3.17. The van der Waals surface area contributed by atoms with Gasteiger partial charge in [-0.2, -0.15) is 0 Å². The quantitative estimate of drug-likeness (QED) is 0.834. The van der Waals surface area contributed by atoms with Gasteiger partial charge in [-0.05, 0) is 51.8 Å². The molecule has 2 aliphatic rings. The molecule has 2 fully saturated rings. The van der Waals surface area contributed by atoms with Gasteiger partial charge in [0.05, 0.1) is 19.4 Å². The summed E-state index contributed by atoms with van der Waals surface area (Å²) in [7, 11) is 2.30. The first-order valence-corrected chi connectivity index (χ1v) is 8.29. The lowest BCUT2D eigenvalue weighted by molar-refractivity contribution is 0.0193. The molecule has 1 spiro atoms. The molecule has 0 radical (unpaired) electrons. The summed E-state index contributed by atoms with van der Waals surface area (Å²) in [5.41, 5.74) is 0.418. The maximum Gasteiger partial charge on any atom is 0.117 e. The van der Waals surface area contributed by atoms with Crippen molar-refractivity contribution < 1.29 is 9.15 Å². The zero-order chi connectivity index (χ0) is 14.7. The van der Waals surface area contributed by atoms with E-state index in [4.69, 9.17) is 9.15 Å². The van der Waals surface area contributed by atoms with Gasteiger partial charge in [0.2, 0.25) is 0 Å². The van der Waals surface area contributed by atoms with Crippen LogP contribution >= 0.6 is 0 Å². The summed E-state index contributed by atoms with van der Waals surface area (Å²) in [5.74, 6) is 1.08. The van der Waals surface area contributed by atoms with Crippen molar-refractivity contribution in [2.75, 3.05) is 33.4 Å². The molecule has 0 saturated carbocycles. The van der Waals surface area contributed by atoms with Crippen LogP contribution in [0.2, 0.25) is 0 Å². The standard InChI is InChI=1S/C17H28N2O2/c1-3-20-14-15-6-7-17(18(15)2)8-10-19(11-9-17)13-16-5-4-12-21-16/h4-5,12,15H,3,6-11,13-14H2,1-2H3. The van der Waals surface area contributed by atoms with E-state index in [0.29, 0.717) is 11.6 Å². The molecule has 118 valence electrons. The van der Waals surface area contributed by atoms with Crippen molar-refractivity contribution in [3.05, 3.63) is 24.2 Å². The van der Waals surface area contributed by atoms with Gasteiger partial charge in [-0.15, -0.1) is 0 Å². The van der Waals surface area contributed by atoms with Crippen LogP contribution in [0.3, 0.4) is 0 Å². The molecule has 1 aromatic heterocycles. The lowest BCUT2D eigenvalue weighted by Crippen LogP contribution is -2.52. The van der Waals surface area contributed by atoms with Gasteiger partial charge in [-0.25, -0.2) is 0 Å². The molecule has 1 unspecified atom stereocenters. The van der Waals surface area contributed by atoms with Crippen molar-refractivity contribution in [2.24, 2.45) is 0 Å². The highest BCUT2D eigenvalue weighted by Crippen LogP contribution is 2.40. The van der Waals surface area contributed by atoms with E-state index in [-0.39, 0.29) is 0 Å². The second kappa shape index (κ2) is 6.51. The number of hydrogen-bond acceptors (Lipinski definition) is 4. The predicted molar refractivity (Wildman–Crippen MR) is 83.2 cm³/mol. The van der Waals surface area contributed by atoms with Crippen LogP contribution in [0.25, 0.3) is 0 Å². The van der Waals surface area contributed by atoms with Gasteiger partial charge in [0.25, 0.3) is 0 Å². The Morgan fingerprint density at radius 3 is 2.81 bits per heavy atom. The molecule has 0 aliphatic carbocycles. The van der Waals surface area contributed by atoms with Crippen molar-refractivity contribution in [3.8, 4) is 0 Å². The second-order valence-electron chi connectivity index (χ2n) is 6.54. The summed E-state index contributed by atoms with van der Waals surface area (Å²) in [6.45, 7) is 7.10. The van der Waals surface area contributed by atoms with Crippen molar-refractivity contribution in [2.45, 2.75) is 50.7 Å². The minimum absolute atomic E-state index is 0.418. The van der Waals surface area contributed by atoms with E-state index in [0.717, 1.165) is 25.5 Å². The summed E-state index contributed by atoms with van der Waals surface area (Å²) in [5, 5.41) is 0. The van der Waals surface area contributed by atoms with Crippen LogP contribution in [0.1, 0.15) is 38.4 Å². The molecule has 1 atom stereocenters. The highest BCUT2D eigenvalue weighted by molar-refractivity contribution is 5.03. The van der Waals surface area contributed by atoms with E-state index >= 15 is 0 Å². The Balaban J connectivity index is 1.52. The van der Waals surface area contributed by atoms with E-state index in [1.807, 2.05) is 6.07 Å². The van der Waals surface area contributed by atoms with Gasteiger partial charge >= 0.3 is 0 Å². The van der Waals surface area contributed by atoms with E-state index in [2.05, 4.69) is 29.8 Å². The SMILES string of the molecule is CCOCC1CCC2(CCN(Cc3ccco3)CC2)N1C. The fraction of sp³-hybridized carbons (Fsp3) is 0.765. The molecule has 0 bridgehead atoms. The number of piperidine rings is 1. The summed E-state index contributed by atoms with van der Waals surface area (Å²) in [6, 6.07) is 4.66. The maximum absolute atomic E-state index is 5.65. The maximum atomic E-state index is 5.65. The molecule has 21 heavy (non-hydrogen) atoms. The Morgan fingerprint density at radius 2 is 2.14 bits per heavy atom. The molecule has 3 heterocycles. The van der Waals surface area contributed by atoms with Crippen LogP contribution in [0.5, 0.6) is 0 Å². The van der Waals surface area contributed by atoms with Gasteiger partial charge in [0.1, 0.15) is 5.76 Å². The van der Waals surface area contributed by atoms with Crippen LogP contribution in [0, 0.1) is 0 Å². The number of likely N-dealkylation sites (N-methyl/N-ethyl adjacent to an activating group) is 1. The van der Waals surface area contributed by atoms with Gasteiger partial charge < -0.3 is 9.15 Å². The van der Waals surface area contributed by atoms with Crippen LogP contribution in [0.4, 0.5) is 0 Å². The Bertz CT molecular complexity index is 424. The van der Waals surface area contributed by atoms with E-state index in [9.17, 15) is 0 Å². The average molecular weight is 292 g/mol. The van der Waals surface area contributed by atoms with Crippen LogP contribution in [-0.4, -0.2) is 54.7 Å². The smallest absolute Gasteiger partial charge is 0.117 e. The second-order valence-corrected chi connectivity index (χ2v) is 6.54. The van der Waals surface area contributed by atoms with Gasteiger partial charge in [-0.1, -0.05) is 0 Å². The van der Waals surface area contributed by atoms with Gasteiger partial charge in [0, 0.05) is 31.3 Å². The van der Waals surface area contributed by atoms with Crippen molar-refractivity contribution >= 4 is 0 Å². The molecule has 0 aromatic carbocycles. The summed E-state index contributed by atoms with van der Waals surface area (Å²) in [4.78, 5) is 5.14. The fourth-order valence-corrected chi connectivity index (χ4v) is 3.99. The summed E-state index contributed by atoms with van der Waals surface area (Å²) in [6.07, 6.45) is 6.92. The lowest BCUT2D eigenvalue weighted by atomic mass is 9.85. The number of hydrogen-bond donors (Lipinski definition) is 0. The number of likely N-dealkylation sites (tertiary alicyclic amines) is 2.